The van der Waals surface area contributed by atoms with E-state index in [9.17, 15) is 14.7 Å². The number of benzene rings is 2. The predicted octanol–water partition coefficient (Wildman–Crippen LogP) is 5.17. The van der Waals surface area contributed by atoms with Crippen molar-refractivity contribution in [1.82, 2.24) is 29.8 Å². The van der Waals surface area contributed by atoms with Crippen LogP contribution in [0.3, 0.4) is 0 Å². The van der Waals surface area contributed by atoms with Gasteiger partial charge in [0.25, 0.3) is 11.5 Å². The van der Waals surface area contributed by atoms with Crippen LogP contribution in [0.5, 0.6) is 0 Å². The Labute approximate surface area is 251 Å². The molecule has 1 unspecified atom stereocenters. The third-order valence-corrected chi connectivity index (χ3v) is 8.45. The normalized spacial score (nSPS) is 15.1. The Hall–Kier alpha value is -3.66. The van der Waals surface area contributed by atoms with Crippen LogP contribution in [-0.2, 0) is 19.5 Å². The quantitative estimate of drug-likeness (QED) is 0.211. The van der Waals surface area contributed by atoms with Crippen LogP contribution in [0.25, 0.3) is 16.8 Å². The van der Waals surface area contributed by atoms with Gasteiger partial charge < -0.3 is 10.0 Å². The van der Waals surface area contributed by atoms with Crippen molar-refractivity contribution >= 4 is 17.5 Å². The number of nitrogens with one attached hydrogen (secondary N) is 2. The fourth-order valence-electron chi connectivity index (χ4n) is 5.64. The second-order valence-electron chi connectivity index (χ2n) is 11.0. The molecule has 5 rings (SSSR count). The maximum absolute atomic E-state index is 13.6. The summed E-state index contributed by atoms with van der Waals surface area (Å²) in [6.45, 7) is 6.57. The number of hydrogen-bond donors (Lipinski definition) is 3. The lowest BCUT2D eigenvalue weighted by molar-refractivity contribution is 0.0744. The number of amides is 1. The second kappa shape index (κ2) is 13.5. The highest BCUT2D eigenvalue weighted by molar-refractivity contribution is 6.33. The van der Waals surface area contributed by atoms with Crippen LogP contribution in [-0.4, -0.2) is 66.5 Å². The van der Waals surface area contributed by atoms with E-state index in [4.69, 9.17) is 11.6 Å². The van der Waals surface area contributed by atoms with Crippen LogP contribution >= 0.6 is 11.6 Å². The number of halogens is 1. The third-order valence-electron chi connectivity index (χ3n) is 8.10. The van der Waals surface area contributed by atoms with Gasteiger partial charge in [0.05, 0.1) is 18.5 Å². The van der Waals surface area contributed by atoms with Crippen molar-refractivity contribution < 1.29 is 9.90 Å². The molecule has 9 nitrogen and oxygen atoms in total. The molecule has 3 N–H and O–H groups in total. The molecule has 0 fully saturated rings. The number of H-pyrrole nitrogens is 2. The SMILES string of the molecule is CCCCN(CCCC)C(=O)c1[nH]n(-c2ccc(-c3cn[nH]c3)cc2CN2Cc3ccccc3CC2CO)c(=O)c1Cl. The molecule has 1 aliphatic heterocycles. The van der Waals surface area contributed by atoms with E-state index in [1.807, 2.05) is 36.5 Å². The monoisotopic (exact) mass is 590 g/mol. The Balaban J connectivity index is 1.54. The Kier molecular flexibility index (Phi) is 9.62. The average Bonchev–Trinajstić information content (AvgIpc) is 3.65. The number of hydrogen-bond acceptors (Lipinski definition) is 5. The highest BCUT2D eigenvalue weighted by Crippen LogP contribution is 2.29. The van der Waals surface area contributed by atoms with Crippen molar-refractivity contribution in [3.63, 3.8) is 0 Å². The van der Waals surface area contributed by atoms with E-state index >= 15 is 0 Å². The predicted molar refractivity (Wildman–Crippen MR) is 165 cm³/mol. The summed E-state index contributed by atoms with van der Waals surface area (Å²) >= 11 is 6.56. The van der Waals surface area contributed by atoms with E-state index in [1.54, 1.807) is 11.1 Å². The number of aromatic amines is 2. The lowest BCUT2D eigenvalue weighted by atomic mass is 9.93. The first-order valence-electron chi connectivity index (χ1n) is 14.8. The molecule has 0 saturated heterocycles. The number of unbranched alkanes of at least 4 members (excludes halogenated alkanes) is 2. The highest BCUT2D eigenvalue weighted by atomic mass is 35.5. The summed E-state index contributed by atoms with van der Waals surface area (Å²) in [4.78, 5) is 31.2. The van der Waals surface area contributed by atoms with Gasteiger partial charge in [-0.25, -0.2) is 4.68 Å². The first kappa shape index (κ1) is 29.8. The third kappa shape index (κ3) is 6.23. The molecule has 0 saturated carbocycles. The molecular formula is C32H39ClN6O3. The number of aromatic nitrogens is 4. The number of fused-ring (bicyclic) bond motifs is 1. The molecule has 2 aromatic heterocycles. The van der Waals surface area contributed by atoms with Gasteiger partial charge in [-0.3, -0.25) is 24.7 Å². The minimum absolute atomic E-state index is 0.0172. The molecule has 0 aliphatic carbocycles. The first-order valence-corrected chi connectivity index (χ1v) is 15.2. The molecule has 1 aliphatic rings. The number of nitrogens with zero attached hydrogens (tertiary/aromatic N) is 4. The molecule has 0 radical (unpaired) electrons. The number of carbonyl (C=O) groups excluding carboxylic acids is 1. The zero-order chi connectivity index (χ0) is 29.6. The fourth-order valence-corrected chi connectivity index (χ4v) is 5.85. The summed E-state index contributed by atoms with van der Waals surface area (Å²) in [5, 5.41) is 20.2. The summed E-state index contributed by atoms with van der Waals surface area (Å²) in [6.07, 6.45) is 7.99. The maximum atomic E-state index is 13.6. The summed E-state index contributed by atoms with van der Waals surface area (Å²) in [5.74, 6) is -0.262. The topological polar surface area (TPSA) is 110 Å². The summed E-state index contributed by atoms with van der Waals surface area (Å²) < 4.78 is 1.38. The number of aliphatic hydroxyl groups is 1. The van der Waals surface area contributed by atoms with E-state index in [2.05, 4.69) is 46.2 Å². The molecular weight excluding hydrogens is 552 g/mol. The van der Waals surface area contributed by atoms with E-state index in [0.717, 1.165) is 48.8 Å². The standard InChI is InChI=1S/C32H39ClN6O3/c1-3-5-13-37(14-6-4-2)32(42)30-29(33)31(41)39(36-30)28-12-11-23(26-17-34-35-18-26)15-25(28)20-38-19-24-10-8-7-9-22(24)16-27(38)21-40/h7-12,15,17-18,27,36,40H,3-6,13-14,16,19-21H2,1-2H3,(H,34,35). The van der Waals surface area contributed by atoms with E-state index in [-0.39, 0.29) is 29.3 Å². The van der Waals surface area contributed by atoms with Crippen molar-refractivity contribution in [3.8, 4) is 16.8 Å². The number of rotatable bonds is 12. The summed E-state index contributed by atoms with van der Waals surface area (Å²) in [5.41, 5.74) is 5.43. The second-order valence-corrected chi connectivity index (χ2v) is 11.4. The molecule has 2 aromatic carbocycles. The van der Waals surface area contributed by atoms with Crippen molar-refractivity contribution in [2.75, 3.05) is 19.7 Å². The van der Waals surface area contributed by atoms with Crippen LogP contribution < -0.4 is 5.56 Å². The Morgan fingerprint density at radius 3 is 2.50 bits per heavy atom. The molecule has 1 amide bonds. The van der Waals surface area contributed by atoms with Crippen LogP contribution in [0.1, 0.15) is 66.7 Å². The number of carbonyl (C=O) groups is 1. The van der Waals surface area contributed by atoms with Gasteiger partial charge in [-0.15, -0.1) is 0 Å². The van der Waals surface area contributed by atoms with Gasteiger partial charge in [-0.2, -0.15) is 5.10 Å². The molecule has 222 valence electrons. The molecule has 3 heterocycles. The van der Waals surface area contributed by atoms with Gasteiger partial charge in [0.1, 0.15) is 10.7 Å². The lowest BCUT2D eigenvalue weighted by Gasteiger charge is -2.36. The van der Waals surface area contributed by atoms with Crippen LogP contribution in [0.4, 0.5) is 0 Å². The van der Waals surface area contributed by atoms with Gasteiger partial charge in [0.2, 0.25) is 0 Å². The molecule has 4 aromatic rings. The van der Waals surface area contributed by atoms with E-state index in [1.165, 1.54) is 15.8 Å². The van der Waals surface area contributed by atoms with Gasteiger partial charge in [-0.05, 0) is 53.6 Å². The molecule has 0 bridgehead atoms. The van der Waals surface area contributed by atoms with Crippen molar-refractivity contribution in [3.05, 3.63) is 92.6 Å². The average molecular weight is 591 g/mol. The van der Waals surface area contributed by atoms with Crippen molar-refractivity contribution in [2.45, 2.75) is 65.1 Å². The number of aliphatic hydroxyl groups excluding tert-OH is 1. The van der Waals surface area contributed by atoms with Gasteiger partial charge in [-0.1, -0.05) is 68.6 Å². The fraction of sp³-hybridized carbons (Fsp3) is 0.406. The minimum Gasteiger partial charge on any atom is -0.395 e. The largest absolute Gasteiger partial charge is 0.395 e. The smallest absolute Gasteiger partial charge is 0.290 e. The van der Waals surface area contributed by atoms with Crippen LogP contribution in [0.2, 0.25) is 5.02 Å². The summed E-state index contributed by atoms with van der Waals surface area (Å²) in [7, 11) is 0. The first-order chi connectivity index (χ1) is 20.4. The maximum Gasteiger partial charge on any atom is 0.290 e. The highest BCUT2D eigenvalue weighted by Gasteiger charge is 2.28. The van der Waals surface area contributed by atoms with E-state index in [0.29, 0.717) is 31.9 Å². The zero-order valence-electron chi connectivity index (χ0n) is 24.3. The van der Waals surface area contributed by atoms with Crippen LogP contribution in [0, 0.1) is 0 Å². The van der Waals surface area contributed by atoms with Crippen molar-refractivity contribution in [1.29, 1.82) is 0 Å². The van der Waals surface area contributed by atoms with Gasteiger partial charge in [0.15, 0.2) is 0 Å². The molecule has 1 atom stereocenters. The molecule has 0 spiro atoms. The Bertz CT molecular complexity index is 1550. The van der Waals surface area contributed by atoms with Gasteiger partial charge >= 0.3 is 0 Å². The van der Waals surface area contributed by atoms with Crippen LogP contribution in [0.15, 0.2) is 59.7 Å². The zero-order valence-corrected chi connectivity index (χ0v) is 25.0. The van der Waals surface area contributed by atoms with Gasteiger partial charge in [0, 0.05) is 44.0 Å². The van der Waals surface area contributed by atoms with E-state index < -0.39 is 5.56 Å². The van der Waals surface area contributed by atoms with Crippen molar-refractivity contribution in [2.24, 2.45) is 0 Å². The minimum atomic E-state index is -0.467. The summed E-state index contributed by atoms with van der Waals surface area (Å²) in [6, 6.07) is 14.1. The Morgan fingerprint density at radius 2 is 1.83 bits per heavy atom. The molecule has 42 heavy (non-hydrogen) atoms. The molecule has 10 heteroatoms. The lowest BCUT2D eigenvalue weighted by Crippen LogP contribution is -2.42. The Morgan fingerprint density at radius 1 is 1.10 bits per heavy atom.